The molecule has 0 saturated heterocycles. The van der Waals surface area contributed by atoms with E-state index in [0.29, 0.717) is 3.57 Å². The highest BCUT2D eigenvalue weighted by atomic mass is 127. The van der Waals surface area contributed by atoms with Gasteiger partial charge in [-0.05, 0) is 34.7 Å². The number of amides is 2. The van der Waals surface area contributed by atoms with Crippen molar-refractivity contribution < 1.29 is 19.1 Å². The number of nitrogen functional groups attached to an aromatic ring is 1. The molecule has 2 amide bonds. The maximum atomic E-state index is 12.5. The number of methoxy groups -OCH3 is 1. The molecule has 3 rings (SSSR count). The minimum Gasteiger partial charge on any atom is -0.465 e. The number of anilines is 1. The lowest BCUT2D eigenvalue weighted by molar-refractivity contribution is 0.0600. The van der Waals surface area contributed by atoms with Gasteiger partial charge >= 0.3 is 5.97 Å². The lowest BCUT2D eigenvalue weighted by Crippen LogP contribution is -2.26. The fourth-order valence-electron chi connectivity index (χ4n) is 2.53. The van der Waals surface area contributed by atoms with Crippen molar-refractivity contribution in [1.82, 2.24) is 9.88 Å². The third-order valence-corrected chi connectivity index (χ3v) is 4.44. The van der Waals surface area contributed by atoms with Gasteiger partial charge in [0.15, 0.2) is 0 Å². The summed E-state index contributed by atoms with van der Waals surface area (Å²) in [5, 5.41) is 2.09. The molecule has 1 aliphatic rings. The molecule has 24 heavy (non-hydrogen) atoms. The standard InChI is InChI=1S/C15H10IN3O5/c1-24-15(23)6-3-2-4-8(16)11(6)19-9(20)5-7-10(12(19)17)14(22)18-13(7)21/h2-5H,17H2,1H3,(H,18,21,22). The Bertz CT molecular complexity index is 980. The van der Waals surface area contributed by atoms with E-state index in [-0.39, 0.29) is 28.2 Å². The Kier molecular flexibility index (Phi) is 3.87. The van der Waals surface area contributed by atoms with Gasteiger partial charge in [0, 0.05) is 9.64 Å². The number of ether oxygens (including phenoxy) is 1. The molecule has 0 radical (unpaired) electrons. The Hall–Kier alpha value is -2.69. The highest BCUT2D eigenvalue weighted by Gasteiger charge is 2.32. The van der Waals surface area contributed by atoms with Crippen LogP contribution in [-0.4, -0.2) is 29.5 Å². The maximum Gasteiger partial charge on any atom is 0.340 e. The second kappa shape index (κ2) is 5.74. The second-order valence-corrected chi connectivity index (χ2v) is 6.06. The molecule has 1 aromatic heterocycles. The van der Waals surface area contributed by atoms with Crippen molar-refractivity contribution in [2.45, 2.75) is 0 Å². The first-order valence-electron chi connectivity index (χ1n) is 6.65. The molecule has 0 unspecified atom stereocenters. The Morgan fingerprint density at radius 3 is 2.62 bits per heavy atom. The molecule has 0 fully saturated rings. The number of halogens is 1. The molecule has 0 spiro atoms. The van der Waals surface area contributed by atoms with Gasteiger partial charge in [-0.2, -0.15) is 0 Å². The van der Waals surface area contributed by atoms with Crippen LogP contribution < -0.4 is 16.6 Å². The summed E-state index contributed by atoms with van der Waals surface area (Å²) in [4.78, 5) is 48.2. The summed E-state index contributed by atoms with van der Waals surface area (Å²) in [6.45, 7) is 0. The lowest BCUT2D eigenvalue weighted by Gasteiger charge is -2.16. The first-order valence-corrected chi connectivity index (χ1v) is 7.73. The summed E-state index contributed by atoms with van der Waals surface area (Å²) in [6.07, 6.45) is 0. The number of hydrogen-bond acceptors (Lipinski definition) is 6. The van der Waals surface area contributed by atoms with Crippen molar-refractivity contribution in [2.24, 2.45) is 0 Å². The van der Waals surface area contributed by atoms with Crippen LogP contribution in [0, 0.1) is 3.57 Å². The summed E-state index contributed by atoms with van der Waals surface area (Å²) in [5.74, 6) is -2.24. The van der Waals surface area contributed by atoms with E-state index in [1.165, 1.54) is 13.2 Å². The third kappa shape index (κ3) is 2.28. The van der Waals surface area contributed by atoms with Crippen molar-refractivity contribution >= 4 is 46.2 Å². The van der Waals surface area contributed by atoms with Gasteiger partial charge in [0.05, 0.1) is 29.5 Å². The SMILES string of the molecule is COC(=O)c1cccc(I)c1-n1c(N)c2c(cc1=O)C(=O)NC2=O. The van der Waals surface area contributed by atoms with Gasteiger partial charge < -0.3 is 10.5 Å². The van der Waals surface area contributed by atoms with Crippen molar-refractivity contribution in [1.29, 1.82) is 0 Å². The topological polar surface area (TPSA) is 120 Å². The van der Waals surface area contributed by atoms with Gasteiger partial charge in [0.1, 0.15) is 5.82 Å². The van der Waals surface area contributed by atoms with Crippen molar-refractivity contribution in [3.05, 3.63) is 54.9 Å². The zero-order valence-electron chi connectivity index (χ0n) is 12.3. The van der Waals surface area contributed by atoms with Crippen molar-refractivity contribution in [3.8, 4) is 5.69 Å². The summed E-state index contributed by atoms with van der Waals surface area (Å²) >= 11 is 1.94. The monoisotopic (exact) mass is 439 g/mol. The zero-order valence-corrected chi connectivity index (χ0v) is 14.4. The average Bonchev–Trinajstić information content (AvgIpc) is 2.82. The fraction of sp³-hybridized carbons (Fsp3) is 0.0667. The van der Waals surface area contributed by atoms with E-state index in [0.717, 1.165) is 10.6 Å². The van der Waals surface area contributed by atoms with Gasteiger partial charge in [-0.25, -0.2) is 4.79 Å². The first-order chi connectivity index (χ1) is 11.4. The molecule has 0 bridgehead atoms. The number of carbonyl (C=O) groups excluding carboxylic acids is 3. The molecule has 0 saturated carbocycles. The number of fused-ring (bicyclic) bond motifs is 1. The number of pyridine rings is 1. The van der Waals surface area contributed by atoms with Crippen LogP contribution in [-0.2, 0) is 4.74 Å². The van der Waals surface area contributed by atoms with Crippen LogP contribution in [0.5, 0.6) is 0 Å². The van der Waals surface area contributed by atoms with E-state index in [2.05, 4.69) is 5.32 Å². The van der Waals surface area contributed by atoms with Crippen LogP contribution in [0.15, 0.2) is 29.1 Å². The van der Waals surface area contributed by atoms with Crippen LogP contribution in [0.2, 0.25) is 0 Å². The molecule has 2 heterocycles. The molecule has 8 nitrogen and oxygen atoms in total. The highest BCUT2D eigenvalue weighted by molar-refractivity contribution is 14.1. The zero-order chi connectivity index (χ0) is 17.6. The molecule has 0 atom stereocenters. The predicted octanol–water partition coefficient (Wildman–Crippen LogP) is 0.695. The highest BCUT2D eigenvalue weighted by Crippen LogP contribution is 2.27. The van der Waals surface area contributed by atoms with Crippen LogP contribution in [0.3, 0.4) is 0 Å². The smallest absolute Gasteiger partial charge is 0.340 e. The third-order valence-electron chi connectivity index (χ3n) is 3.57. The van der Waals surface area contributed by atoms with E-state index in [1.54, 1.807) is 12.1 Å². The summed E-state index contributed by atoms with van der Waals surface area (Å²) in [5.41, 5.74) is 5.50. The predicted molar refractivity (Wildman–Crippen MR) is 92.3 cm³/mol. The number of nitrogens with one attached hydrogen (secondary N) is 1. The number of nitrogens with zero attached hydrogens (tertiary/aromatic N) is 1. The first kappa shape index (κ1) is 16.2. The molecule has 1 aromatic carbocycles. The molecule has 2 aromatic rings. The average molecular weight is 439 g/mol. The van der Waals surface area contributed by atoms with E-state index in [9.17, 15) is 19.2 Å². The van der Waals surface area contributed by atoms with Crippen LogP contribution in [0.1, 0.15) is 31.1 Å². The molecule has 122 valence electrons. The normalized spacial score (nSPS) is 12.8. The number of hydrogen-bond donors (Lipinski definition) is 2. The van der Waals surface area contributed by atoms with Crippen LogP contribution in [0.25, 0.3) is 5.69 Å². The molecular weight excluding hydrogens is 429 g/mol. The van der Waals surface area contributed by atoms with Crippen LogP contribution in [0.4, 0.5) is 5.82 Å². The molecule has 9 heteroatoms. The van der Waals surface area contributed by atoms with Gasteiger partial charge in [-0.1, -0.05) is 6.07 Å². The number of nitrogens with two attached hydrogens (primary N) is 1. The molecular formula is C15H10IN3O5. The number of carbonyl (C=O) groups is 3. The second-order valence-electron chi connectivity index (χ2n) is 4.90. The van der Waals surface area contributed by atoms with Gasteiger partial charge in [0.2, 0.25) is 0 Å². The van der Waals surface area contributed by atoms with E-state index < -0.39 is 23.3 Å². The van der Waals surface area contributed by atoms with E-state index in [4.69, 9.17) is 10.5 Å². The van der Waals surface area contributed by atoms with Gasteiger partial charge in [0.25, 0.3) is 17.4 Å². The van der Waals surface area contributed by atoms with Crippen molar-refractivity contribution in [2.75, 3.05) is 12.8 Å². The van der Waals surface area contributed by atoms with Crippen LogP contribution >= 0.6 is 22.6 Å². The number of esters is 1. The summed E-state index contributed by atoms with van der Waals surface area (Å²) < 4.78 is 6.31. The summed E-state index contributed by atoms with van der Waals surface area (Å²) in [7, 11) is 1.22. The number of rotatable bonds is 2. The molecule has 1 aliphatic heterocycles. The van der Waals surface area contributed by atoms with Gasteiger partial charge in [-0.3, -0.25) is 24.3 Å². The Morgan fingerprint density at radius 2 is 1.96 bits per heavy atom. The number of benzene rings is 1. The maximum absolute atomic E-state index is 12.5. The number of imide groups is 1. The Balaban J connectivity index is 2.40. The summed E-state index contributed by atoms with van der Waals surface area (Å²) in [6, 6.07) is 5.80. The minimum absolute atomic E-state index is 0.0793. The van der Waals surface area contributed by atoms with E-state index in [1.807, 2.05) is 22.6 Å². The Labute approximate surface area is 148 Å². The fourth-order valence-corrected chi connectivity index (χ4v) is 3.27. The molecule has 3 N–H and O–H groups in total. The quantitative estimate of drug-likeness (QED) is 0.404. The lowest BCUT2D eigenvalue weighted by atomic mass is 10.1. The molecule has 0 aliphatic carbocycles. The minimum atomic E-state index is -0.688. The number of para-hydroxylation sites is 1. The van der Waals surface area contributed by atoms with E-state index >= 15 is 0 Å². The van der Waals surface area contributed by atoms with Crippen molar-refractivity contribution in [3.63, 3.8) is 0 Å². The number of aromatic nitrogens is 1. The largest absolute Gasteiger partial charge is 0.465 e. The van der Waals surface area contributed by atoms with Gasteiger partial charge in [-0.15, -0.1) is 0 Å². The Morgan fingerprint density at radius 1 is 1.25 bits per heavy atom.